The number of hydrogen-bond donors (Lipinski definition) is 1. The van der Waals surface area contributed by atoms with Crippen LogP contribution in [-0.2, 0) is 11.3 Å². The molecule has 0 saturated carbocycles. The second kappa shape index (κ2) is 8.71. The Morgan fingerprint density at radius 3 is 2.63 bits per heavy atom. The van der Waals surface area contributed by atoms with Gasteiger partial charge in [0.1, 0.15) is 5.82 Å². The number of carbonyl (C=O) groups is 1. The third kappa shape index (κ3) is 4.55. The predicted octanol–water partition coefficient (Wildman–Crippen LogP) is 3.60. The molecular weight excluding hydrogens is 342 g/mol. The largest absolute Gasteiger partial charge is 0.493 e. The molecule has 2 aromatic carbocycles. The fraction of sp³-hybridized carbons (Fsp3) is 0.143. The van der Waals surface area contributed by atoms with Crippen LogP contribution in [0.5, 0.6) is 11.5 Å². The Hall–Kier alpha value is -3.54. The average Bonchev–Trinajstić information content (AvgIpc) is 3.13. The standard InChI is InChI=1S/C21H21N3O3/c1-26-18-10-6-9-17(21(18)27-2)15-24-19(13-14-22-24)23-20(25)12-11-16-7-4-3-5-8-16/h3-14H,15H2,1-2H3,(H,23,25)/b12-11+. The van der Waals surface area contributed by atoms with Gasteiger partial charge in [-0.05, 0) is 17.7 Å². The molecule has 0 aliphatic carbocycles. The molecule has 1 amide bonds. The first-order valence-corrected chi connectivity index (χ1v) is 8.47. The van der Waals surface area contributed by atoms with Crippen molar-refractivity contribution < 1.29 is 14.3 Å². The molecule has 0 atom stereocenters. The highest BCUT2D eigenvalue weighted by Gasteiger charge is 2.12. The minimum Gasteiger partial charge on any atom is -0.493 e. The van der Waals surface area contributed by atoms with Crippen molar-refractivity contribution in [2.24, 2.45) is 0 Å². The number of aromatic nitrogens is 2. The van der Waals surface area contributed by atoms with E-state index in [2.05, 4.69) is 10.4 Å². The minimum atomic E-state index is -0.224. The first kappa shape index (κ1) is 18.3. The Balaban J connectivity index is 1.73. The lowest BCUT2D eigenvalue weighted by molar-refractivity contribution is -0.111. The van der Waals surface area contributed by atoms with Gasteiger partial charge in [-0.25, -0.2) is 4.68 Å². The molecule has 138 valence electrons. The van der Waals surface area contributed by atoms with Crippen molar-refractivity contribution in [3.63, 3.8) is 0 Å². The molecule has 0 unspecified atom stereocenters. The molecule has 27 heavy (non-hydrogen) atoms. The van der Waals surface area contributed by atoms with Crippen LogP contribution in [0.4, 0.5) is 5.82 Å². The van der Waals surface area contributed by atoms with Crippen molar-refractivity contribution >= 4 is 17.8 Å². The summed E-state index contributed by atoms with van der Waals surface area (Å²) in [4.78, 5) is 12.2. The number of carbonyl (C=O) groups excluding carboxylic acids is 1. The molecule has 1 aromatic heterocycles. The van der Waals surface area contributed by atoms with Crippen LogP contribution in [0.2, 0.25) is 0 Å². The second-order valence-corrected chi connectivity index (χ2v) is 5.76. The van der Waals surface area contributed by atoms with Gasteiger partial charge in [-0.1, -0.05) is 42.5 Å². The summed E-state index contributed by atoms with van der Waals surface area (Å²) in [5.41, 5.74) is 1.86. The Bertz CT molecular complexity index is 933. The highest BCUT2D eigenvalue weighted by molar-refractivity contribution is 6.01. The highest BCUT2D eigenvalue weighted by Crippen LogP contribution is 2.31. The molecule has 0 aliphatic rings. The third-order valence-corrected chi connectivity index (χ3v) is 4.00. The average molecular weight is 363 g/mol. The van der Waals surface area contributed by atoms with Crippen LogP contribution in [0.3, 0.4) is 0 Å². The monoisotopic (exact) mass is 363 g/mol. The van der Waals surface area contributed by atoms with E-state index < -0.39 is 0 Å². The summed E-state index contributed by atoms with van der Waals surface area (Å²) >= 11 is 0. The van der Waals surface area contributed by atoms with Crippen LogP contribution >= 0.6 is 0 Å². The Morgan fingerprint density at radius 2 is 1.89 bits per heavy atom. The van der Waals surface area contributed by atoms with Gasteiger partial charge < -0.3 is 14.8 Å². The van der Waals surface area contributed by atoms with Crippen molar-refractivity contribution in [1.29, 1.82) is 0 Å². The van der Waals surface area contributed by atoms with Gasteiger partial charge in [-0.15, -0.1) is 0 Å². The normalized spacial score (nSPS) is 10.7. The lowest BCUT2D eigenvalue weighted by Crippen LogP contribution is -2.14. The van der Waals surface area contributed by atoms with Crippen LogP contribution in [0.1, 0.15) is 11.1 Å². The second-order valence-electron chi connectivity index (χ2n) is 5.76. The van der Waals surface area contributed by atoms with Gasteiger partial charge >= 0.3 is 0 Å². The Labute approximate surface area is 158 Å². The molecule has 0 radical (unpaired) electrons. The molecule has 0 aliphatic heterocycles. The zero-order valence-electron chi connectivity index (χ0n) is 15.3. The fourth-order valence-electron chi connectivity index (χ4n) is 2.71. The van der Waals surface area contributed by atoms with Crippen LogP contribution in [0.15, 0.2) is 66.9 Å². The quantitative estimate of drug-likeness (QED) is 0.652. The molecule has 6 heteroatoms. The number of benzene rings is 2. The Morgan fingerprint density at radius 1 is 1.07 bits per heavy atom. The number of ether oxygens (including phenoxy) is 2. The van der Waals surface area contributed by atoms with Gasteiger partial charge in [-0.3, -0.25) is 4.79 Å². The maximum atomic E-state index is 12.2. The number of nitrogens with one attached hydrogen (secondary N) is 1. The van der Waals surface area contributed by atoms with E-state index in [1.54, 1.807) is 37.2 Å². The van der Waals surface area contributed by atoms with E-state index in [-0.39, 0.29) is 5.91 Å². The molecule has 3 rings (SSSR count). The molecule has 0 fully saturated rings. The van der Waals surface area contributed by atoms with E-state index in [9.17, 15) is 4.79 Å². The van der Waals surface area contributed by atoms with E-state index in [0.29, 0.717) is 23.9 Å². The summed E-state index contributed by atoms with van der Waals surface area (Å²) in [6, 6.07) is 17.1. The van der Waals surface area contributed by atoms with Crippen molar-refractivity contribution in [2.45, 2.75) is 6.54 Å². The van der Waals surface area contributed by atoms with Gasteiger partial charge in [0.05, 0.1) is 27.0 Å². The minimum absolute atomic E-state index is 0.224. The van der Waals surface area contributed by atoms with E-state index in [0.717, 1.165) is 11.1 Å². The molecule has 3 aromatic rings. The van der Waals surface area contributed by atoms with Crippen LogP contribution in [0, 0.1) is 0 Å². The molecule has 1 heterocycles. The summed E-state index contributed by atoms with van der Waals surface area (Å²) in [7, 11) is 3.20. The molecule has 6 nitrogen and oxygen atoms in total. The zero-order chi connectivity index (χ0) is 19.1. The van der Waals surface area contributed by atoms with Crippen molar-refractivity contribution in [2.75, 3.05) is 19.5 Å². The summed E-state index contributed by atoms with van der Waals surface area (Å²) in [5.74, 6) is 1.68. The molecule has 1 N–H and O–H groups in total. The van der Waals surface area contributed by atoms with Crippen LogP contribution in [-0.4, -0.2) is 29.9 Å². The topological polar surface area (TPSA) is 65.4 Å². The van der Waals surface area contributed by atoms with Crippen molar-refractivity contribution in [3.8, 4) is 11.5 Å². The van der Waals surface area contributed by atoms with Gasteiger partial charge in [0.25, 0.3) is 0 Å². The van der Waals surface area contributed by atoms with E-state index in [1.807, 2.05) is 48.5 Å². The molecular formula is C21H21N3O3. The number of anilines is 1. The lowest BCUT2D eigenvalue weighted by atomic mass is 10.2. The third-order valence-electron chi connectivity index (χ3n) is 4.00. The number of nitrogens with zero attached hydrogens (tertiary/aromatic N) is 2. The number of rotatable bonds is 7. The van der Waals surface area contributed by atoms with Gasteiger partial charge in [0.2, 0.25) is 5.91 Å². The van der Waals surface area contributed by atoms with Gasteiger partial charge in [0.15, 0.2) is 11.5 Å². The number of hydrogen-bond acceptors (Lipinski definition) is 4. The maximum Gasteiger partial charge on any atom is 0.249 e. The van der Waals surface area contributed by atoms with Crippen LogP contribution < -0.4 is 14.8 Å². The van der Waals surface area contributed by atoms with Gasteiger partial charge in [-0.2, -0.15) is 5.10 Å². The molecule has 0 spiro atoms. The number of methoxy groups -OCH3 is 2. The summed E-state index contributed by atoms with van der Waals surface area (Å²) in [5, 5.41) is 7.14. The van der Waals surface area contributed by atoms with Crippen LogP contribution in [0.25, 0.3) is 6.08 Å². The number of para-hydroxylation sites is 1. The summed E-state index contributed by atoms with van der Waals surface area (Å²) in [6.07, 6.45) is 4.91. The first-order chi connectivity index (χ1) is 13.2. The SMILES string of the molecule is COc1cccc(Cn2nccc2NC(=O)/C=C/c2ccccc2)c1OC. The van der Waals surface area contributed by atoms with Gasteiger partial charge in [0, 0.05) is 17.7 Å². The first-order valence-electron chi connectivity index (χ1n) is 8.47. The fourth-order valence-corrected chi connectivity index (χ4v) is 2.71. The Kier molecular flexibility index (Phi) is 5.89. The molecule has 0 saturated heterocycles. The maximum absolute atomic E-state index is 12.2. The van der Waals surface area contributed by atoms with Crippen molar-refractivity contribution in [1.82, 2.24) is 9.78 Å². The number of amides is 1. The zero-order valence-corrected chi connectivity index (χ0v) is 15.3. The summed E-state index contributed by atoms with van der Waals surface area (Å²) in [6.45, 7) is 0.436. The van der Waals surface area contributed by atoms with E-state index in [1.165, 1.54) is 6.08 Å². The van der Waals surface area contributed by atoms with E-state index in [4.69, 9.17) is 9.47 Å². The lowest BCUT2D eigenvalue weighted by Gasteiger charge is -2.14. The van der Waals surface area contributed by atoms with E-state index >= 15 is 0 Å². The predicted molar refractivity (Wildman–Crippen MR) is 105 cm³/mol. The smallest absolute Gasteiger partial charge is 0.249 e. The van der Waals surface area contributed by atoms with Crippen molar-refractivity contribution in [3.05, 3.63) is 78.0 Å². The molecule has 0 bridgehead atoms. The highest BCUT2D eigenvalue weighted by atomic mass is 16.5. The summed E-state index contributed by atoms with van der Waals surface area (Å²) < 4.78 is 12.5.